The number of halogens is 1. The monoisotopic (exact) mass is 423 g/mol. The average molecular weight is 423 g/mol. The predicted molar refractivity (Wildman–Crippen MR) is 113 cm³/mol. The molecule has 1 heterocycles. The Hall–Kier alpha value is -3.52. The summed E-state index contributed by atoms with van der Waals surface area (Å²) in [5.74, 6) is -0.398. The van der Waals surface area contributed by atoms with E-state index in [0.29, 0.717) is 22.2 Å². The van der Waals surface area contributed by atoms with Crippen molar-refractivity contribution in [3.05, 3.63) is 100 Å². The quantitative estimate of drug-likeness (QED) is 0.531. The van der Waals surface area contributed by atoms with Crippen LogP contribution in [0, 0.1) is 12.7 Å². The number of nitrogens with zero attached hydrogens (tertiary/aromatic N) is 2. The Bertz CT molecular complexity index is 1400. The second-order valence-corrected chi connectivity index (χ2v) is 8.60. The molecule has 0 unspecified atom stereocenters. The smallest absolute Gasteiger partial charge is 0.261 e. The van der Waals surface area contributed by atoms with Crippen LogP contribution in [0.1, 0.15) is 11.1 Å². The topological polar surface area (TPSA) is 81.1 Å². The molecule has 8 heteroatoms. The van der Waals surface area contributed by atoms with Crippen LogP contribution < -0.4 is 10.3 Å². The van der Waals surface area contributed by atoms with E-state index in [9.17, 15) is 17.6 Å². The standard InChI is InChI=1S/C22H18FN3O3S/c1-15-6-9-18(10-7-15)30(28,29)25-17-8-11-19-21(12-17)24-14-26(22(19)27)13-16-4-2-3-5-20(16)23/h2-12,14,25H,13H2,1H3. The zero-order chi connectivity index (χ0) is 21.3. The van der Waals surface area contributed by atoms with Gasteiger partial charge in [0, 0.05) is 5.56 Å². The highest BCUT2D eigenvalue weighted by Gasteiger charge is 2.15. The van der Waals surface area contributed by atoms with Gasteiger partial charge in [-0.1, -0.05) is 35.9 Å². The Morgan fingerprint density at radius 2 is 1.77 bits per heavy atom. The fraction of sp³-hybridized carbons (Fsp3) is 0.0909. The van der Waals surface area contributed by atoms with Gasteiger partial charge in [0.25, 0.3) is 15.6 Å². The molecule has 0 atom stereocenters. The number of sulfonamides is 1. The number of hydrogen-bond donors (Lipinski definition) is 1. The lowest BCUT2D eigenvalue weighted by Gasteiger charge is -2.10. The minimum absolute atomic E-state index is 0.0518. The summed E-state index contributed by atoms with van der Waals surface area (Å²) in [5, 5.41) is 0.312. The Kier molecular flexibility index (Phi) is 5.09. The van der Waals surface area contributed by atoms with Crippen molar-refractivity contribution in [2.24, 2.45) is 0 Å². The van der Waals surface area contributed by atoms with Gasteiger partial charge in [-0.25, -0.2) is 17.8 Å². The third kappa shape index (κ3) is 3.95. The maximum absolute atomic E-state index is 13.9. The van der Waals surface area contributed by atoms with Crippen molar-refractivity contribution in [2.45, 2.75) is 18.4 Å². The van der Waals surface area contributed by atoms with Gasteiger partial charge in [0.15, 0.2) is 0 Å². The maximum Gasteiger partial charge on any atom is 0.261 e. The number of fused-ring (bicyclic) bond motifs is 1. The van der Waals surface area contributed by atoms with E-state index in [0.717, 1.165) is 5.56 Å². The van der Waals surface area contributed by atoms with E-state index in [2.05, 4.69) is 9.71 Å². The second kappa shape index (κ2) is 7.72. The minimum Gasteiger partial charge on any atom is -0.294 e. The van der Waals surface area contributed by atoms with Gasteiger partial charge in [0.05, 0.1) is 34.4 Å². The normalized spacial score (nSPS) is 11.5. The van der Waals surface area contributed by atoms with Crippen LogP contribution in [0.4, 0.5) is 10.1 Å². The molecule has 0 saturated carbocycles. The molecule has 0 saturated heterocycles. The molecule has 30 heavy (non-hydrogen) atoms. The molecular formula is C22H18FN3O3S. The minimum atomic E-state index is -3.77. The molecule has 152 valence electrons. The fourth-order valence-corrected chi connectivity index (χ4v) is 4.13. The van der Waals surface area contributed by atoms with Gasteiger partial charge < -0.3 is 0 Å². The van der Waals surface area contributed by atoms with E-state index in [-0.39, 0.29) is 17.0 Å². The second-order valence-electron chi connectivity index (χ2n) is 6.92. The van der Waals surface area contributed by atoms with Crippen LogP contribution >= 0.6 is 0 Å². The molecule has 0 aliphatic heterocycles. The number of aromatic nitrogens is 2. The van der Waals surface area contributed by atoms with Crippen LogP contribution in [0.2, 0.25) is 0 Å². The van der Waals surface area contributed by atoms with E-state index in [1.165, 1.54) is 47.3 Å². The average Bonchev–Trinajstić information content (AvgIpc) is 2.71. The molecule has 0 radical (unpaired) electrons. The van der Waals surface area contributed by atoms with E-state index in [4.69, 9.17) is 0 Å². The summed E-state index contributed by atoms with van der Waals surface area (Å²) in [6.07, 6.45) is 1.33. The van der Waals surface area contributed by atoms with Gasteiger partial charge in [-0.3, -0.25) is 14.1 Å². The van der Waals surface area contributed by atoms with Gasteiger partial charge in [-0.15, -0.1) is 0 Å². The molecule has 0 spiro atoms. The Labute approximate surface area is 172 Å². The third-order valence-corrected chi connectivity index (χ3v) is 6.10. The number of anilines is 1. The van der Waals surface area contributed by atoms with Gasteiger partial charge >= 0.3 is 0 Å². The van der Waals surface area contributed by atoms with Gasteiger partial charge in [-0.2, -0.15) is 0 Å². The molecular weight excluding hydrogens is 405 g/mol. The van der Waals surface area contributed by atoms with Gasteiger partial charge in [-0.05, 0) is 43.3 Å². The molecule has 0 amide bonds. The van der Waals surface area contributed by atoms with Crippen molar-refractivity contribution in [1.29, 1.82) is 0 Å². The molecule has 4 rings (SSSR count). The van der Waals surface area contributed by atoms with Crippen LogP contribution in [-0.4, -0.2) is 18.0 Å². The molecule has 1 N–H and O–H groups in total. The molecule has 0 fully saturated rings. The van der Waals surface area contributed by atoms with Crippen LogP contribution in [0.5, 0.6) is 0 Å². The molecule has 0 bridgehead atoms. The first-order valence-corrected chi connectivity index (χ1v) is 10.6. The summed E-state index contributed by atoms with van der Waals surface area (Å²) < 4.78 is 42.9. The lowest BCUT2D eigenvalue weighted by Crippen LogP contribution is -2.21. The Morgan fingerprint density at radius 3 is 2.50 bits per heavy atom. The maximum atomic E-state index is 13.9. The summed E-state index contributed by atoms with van der Waals surface area (Å²) >= 11 is 0. The number of aryl methyl sites for hydroxylation is 1. The summed E-state index contributed by atoms with van der Waals surface area (Å²) in [5.41, 5.74) is 1.63. The summed E-state index contributed by atoms with van der Waals surface area (Å²) in [4.78, 5) is 17.1. The van der Waals surface area contributed by atoms with Crippen molar-refractivity contribution < 1.29 is 12.8 Å². The van der Waals surface area contributed by atoms with Gasteiger partial charge in [0.1, 0.15) is 5.82 Å². The van der Waals surface area contributed by atoms with Gasteiger partial charge in [0.2, 0.25) is 0 Å². The number of benzene rings is 3. The first-order valence-electron chi connectivity index (χ1n) is 9.15. The molecule has 4 aromatic rings. The van der Waals surface area contributed by atoms with Crippen LogP contribution in [-0.2, 0) is 16.6 Å². The molecule has 3 aromatic carbocycles. The van der Waals surface area contributed by atoms with Crippen molar-refractivity contribution in [2.75, 3.05) is 4.72 Å². The Balaban J connectivity index is 1.65. The highest BCUT2D eigenvalue weighted by molar-refractivity contribution is 7.92. The lowest BCUT2D eigenvalue weighted by molar-refractivity contribution is 0.595. The number of hydrogen-bond acceptors (Lipinski definition) is 4. The summed E-state index contributed by atoms with van der Waals surface area (Å²) in [6.45, 7) is 1.92. The SMILES string of the molecule is Cc1ccc(S(=O)(=O)Nc2ccc3c(=O)n(Cc4ccccc4F)cnc3c2)cc1. The van der Waals surface area contributed by atoms with E-state index in [1.807, 2.05) is 6.92 Å². The van der Waals surface area contributed by atoms with E-state index in [1.54, 1.807) is 30.3 Å². The largest absolute Gasteiger partial charge is 0.294 e. The zero-order valence-electron chi connectivity index (χ0n) is 16.0. The van der Waals surface area contributed by atoms with Crippen LogP contribution in [0.3, 0.4) is 0 Å². The zero-order valence-corrected chi connectivity index (χ0v) is 16.9. The molecule has 6 nitrogen and oxygen atoms in total. The summed E-state index contributed by atoms with van der Waals surface area (Å²) in [6, 6.07) is 17.2. The van der Waals surface area contributed by atoms with Crippen molar-refractivity contribution in [3.8, 4) is 0 Å². The first kappa shape index (κ1) is 19.8. The Morgan fingerprint density at radius 1 is 1.03 bits per heavy atom. The molecule has 0 aliphatic rings. The molecule has 0 aliphatic carbocycles. The summed E-state index contributed by atoms with van der Waals surface area (Å²) in [7, 11) is -3.77. The fourth-order valence-electron chi connectivity index (χ4n) is 3.08. The number of nitrogens with one attached hydrogen (secondary N) is 1. The van der Waals surface area contributed by atoms with Crippen LogP contribution in [0.25, 0.3) is 10.9 Å². The van der Waals surface area contributed by atoms with Crippen molar-refractivity contribution in [3.63, 3.8) is 0 Å². The predicted octanol–water partition coefficient (Wildman–Crippen LogP) is 3.69. The highest BCUT2D eigenvalue weighted by Crippen LogP contribution is 2.20. The van der Waals surface area contributed by atoms with E-state index >= 15 is 0 Å². The van der Waals surface area contributed by atoms with Crippen molar-refractivity contribution >= 4 is 26.6 Å². The highest BCUT2D eigenvalue weighted by atomic mass is 32.2. The lowest BCUT2D eigenvalue weighted by atomic mass is 10.2. The number of rotatable bonds is 5. The van der Waals surface area contributed by atoms with Crippen molar-refractivity contribution in [1.82, 2.24) is 9.55 Å². The molecule has 1 aromatic heterocycles. The first-order chi connectivity index (χ1) is 14.3. The third-order valence-electron chi connectivity index (χ3n) is 4.71. The van der Waals surface area contributed by atoms with Crippen LogP contribution in [0.15, 0.2) is 82.7 Å². The van der Waals surface area contributed by atoms with E-state index < -0.39 is 15.8 Å².